The molecule has 1 fully saturated rings. The molecule has 1 saturated heterocycles. The van der Waals surface area contributed by atoms with E-state index in [2.05, 4.69) is 23.1 Å². The van der Waals surface area contributed by atoms with Crippen molar-refractivity contribution in [2.45, 2.75) is 18.9 Å². The highest BCUT2D eigenvalue weighted by Crippen LogP contribution is 2.30. The summed E-state index contributed by atoms with van der Waals surface area (Å²) >= 11 is 0. The van der Waals surface area contributed by atoms with Crippen molar-refractivity contribution in [3.05, 3.63) is 66.2 Å². The molecule has 0 unspecified atom stereocenters. The predicted molar refractivity (Wildman–Crippen MR) is 105 cm³/mol. The Morgan fingerprint density at radius 1 is 1.00 bits per heavy atom. The van der Waals surface area contributed by atoms with Gasteiger partial charge in [-0.05, 0) is 41.8 Å². The van der Waals surface area contributed by atoms with Gasteiger partial charge in [0, 0.05) is 13.1 Å². The molecule has 0 spiro atoms. The summed E-state index contributed by atoms with van der Waals surface area (Å²) in [5.41, 5.74) is 3.13. The molecule has 0 saturated carbocycles. The zero-order valence-corrected chi connectivity index (χ0v) is 15.3. The Balaban J connectivity index is 1.48. The lowest BCUT2D eigenvalue weighted by Gasteiger charge is -2.30. The van der Waals surface area contributed by atoms with E-state index >= 15 is 0 Å². The van der Waals surface area contributed by atoms with E-state index in [1.165, 1.54) is 16.0 Å². The van der Waals surface area contributed by atoms with E-state index in [0.29, 0.717) is 18.0 Å². The Morgan fingerprint density at radius 2 is 1.74 bits per heavy atom. The lowest BCUT2D eigenvalue weighted by atomic mass is 9.98. The summed E-state index contributed by atoms with van der Waals surface area (Å²) < 4.78 is 5.15. The summed E-state index contributed by atoms with van der Waals surface area (Å²) in [4.78, 5) is 28.9. The van der Waals surface area contributed by atoms with E-state index in [1.807, 2.05) is 18.2 Å². The largest absolute Gasteiger partial charge is 0.497 e. The number of nitrogens with zero attached hydrogens (tertiary/aromatic N) is 2. The van der Waals surface area contributed by atoms with Crippen LogP contribution in [-0.2, 0) is 9.59 Å². The first-order chi connectivity index (χ1) is 13.2. The number of carbonyl (C=O) groups excluding carboxylic acids is 2. The van der Waals surface area contributed by atoms with Gasteiger partial charge in [0.1, 0.15) is 5.75 Å². The zero-order valence-electron chi connectivity index (χ0n) is 15.3. The Kier molecular flexibility index (Phi) is 4.77. The van der Waals surface area contributed by atoms with E-state index in [9.17, 15) is 9.59 Å². The van der Waals surface area contributed by atoms with E-state index < -0.39 is 0 Å². The van der Waals surface area contributed by atoms with E-state index in [0.717, 1.165) is 13.0 Å². The normalized spacial score (nSPS) is 20.7. The van der Waals surface area contributed by atoms with Crippen LogP contribution in [0.3, 0.4) is 0 Å². The summed E-state index contributed by atoms with van der Waals surface area (Å²) in [7, 11) is 1.59. The van der Waals surface area contributed by atoms with E-state index in [4.69, 9.17) is 4.74 Å². The topological polar surface area (TPSA) is 49.9 Å². The van der Waals surface area contributed by atoms with Gasteiger partial charge in [0.05, 0.1) is 25.3 Å². The molecule has 2 aliphatic heterocycles. The average molecular weight is 362 g/mol. The molecular formula is C22H22N2O3. The van der Waals surface area contributed by atoms with Crippen molar-refractivity contribution >= 4 is 23.1 Å². The number of hydrogen-bond acceptors (Lipinski definition) is 4. The number of rotatable bonds is 4. The first kappa shape index (κ1) is 17.5. The highest BCUT2D eigenvalue weighted by atomic mass is 16.5. The molecule has 4 rings (SSSR count). The second kappa shape index (κ2) is 7.37. The smallest absolute Gasteiger partial charge is 0.251 e. The van der Waals surface area contributed by atoms with Gasteiger partial charge in [-0.3, -0.25) is 14.5 Å². The van der Waals surface area contributed by atoms with Gasteiger partial charge < -0.3 is 4.74 Å². The van der Waals surface area contributed by atoms with Gasteiger partial charge in [0.25, 0.3) is 5.91 Å². The van der Waals surface area contributed by atoms with Gasteiger partial charge in [-0.15, -0.1) is 0 Å². The predicted octanol–water partition coefficient (Wildman–Crippen LogP) is 3.12. The maximum Gasteiger partial charge on any atom is 0.251 e. The van der Waals surface area contributed by atoms with Gasteiger partial charge >= 0.3 is 0 Å². The molecule has 2 heterocycles. The minimum Gasteiger partial charge on any atom is -0.497 e. The summed E-state index contributed by atoms with van der Waals surface area (Å²) in [5.74, 6) is 0.415. The van der Waals surface area contributed by atoms with Crippen LogP contribution in [0.2, 0.25) is 0 Å². The van der Waals surface area contributed by atoms with Crippen molar-refractivity contribution in [3.8, 4) is 5.75 Å². The third-order valence-electron chi connectivity index (χ3n) is 5.28. The fourth-order valence-corrected chi connectivity index (χ4v) is 3.79. The van der Waals surface area contributed by atoms with E-state index in [-0.39, 0.29) is 24.3 Å². The molecule has 2 aliphatic rings. The number of amides is 2. The number of methoxy groups -OCH3 is 1. The van der Waals surface area contributed by atoms with Gasteiger partial charge in [0.2, 0.25) is 5.91 Å². The second-order valence-corrected chi connectivity index (χ2v) is 6.83. The molecule has 2 aromatic rings. The third-order valence-corrected chi connectivity index (χ3v) is 5.28. The number of anilines is 1. The fraction of sp³-hybridized carbons (Fsp3) is 0.273. The first-order valence-corrected chi connectivity index (χ1v) is 9.17. The lowest BCUT2D eigenvalue weighted by molar-refractivity contribution is -0.122. The van der Waals surface area contributed by atoms with Crippen LogP contribution >= 0.6 is 0 Å². The van der Waals surface area contributed by atoms with Gasteiger partial charge in [-0.1, -0.05) is 36.4 Å². The van der Waals surface area contributed by atoms with Crippen LogP contribution in [0, 0.1) is 0 Å². The number of imide groups is 1. The molecule has 5 nitrogen and oxygen atoms in total. The summed E-state index contributed by atoms with van der Waals surface area (Å²) in [6.07, 6.45) is 3.29. The molecule has 0 aliphatic carbocycles. The number of ether oxygens (including phenoxy) is 1. The van der Waals surface area contributed by atoms with Crippen molar-refractivity contribution in [1.82, 2.24) is 4.90 Å². The Morgan fingerprint density at radius 3 is 2.37 bits per heavy atom. The van der Waals surface area contributed by atoms with Gasteiger partial charge in [0.15, 0.2) is 0 Å². The highest BCUT2D eigenvalue weighted by Gasteiger charge is 2.42. The quantitative estimate of drug-likeness (QED) is 0.784. The Bertz CT molecular complexity index is 874. The Labute approximate surface area is 158 Å². The maximum absolute atomic E-state index is 12.9. The average Bonchev–Trinajstić information content (AvgIpc) is 3.03. The minimum atomic E-state index is -0.381. The number of hydrogen-bond donors (Lipinski definition) is 0. The standard InChI is InChI=1S/C22H22N2O3/c1-27-19-9-7-18(8-10-19)24-21(25)15-20(22(24)26)23-13-11-17(12-14-23)16-5-3-2-4-6-16/h2-11,20H,12-15H2,1H3/t20-/m0/s1. The lowest BCUT2D eigenvalue weighted by Crippen LogP contribution is -2.44. The first-order valence-electron chi connectivity index (χ1n) is 9.17. The van der Waals surface area contributed by atoms with Crippen molar-refractivity contribution in [2.75, 3.05) is 25.1 Å². The van der Waals surface area contributed by atoms with Gasteiger partial charge in [-0.25, -0.2) is 4.90 Å². The maximum atomic E-state index is 12.9. The van der Waals surface area contributed by atoms with Crippen molar-refractivity contribution < 1.29 is 14.3 Å². The zero-order chi connectivity index (χ0) is 18.8. The molecule has 27 heavy (non-hydrogen) atoms. The molecule has 1 atom stereocenters. The monoisotopic (exact) mass is 362 g/mol. The molecule has 0 radical (unpaired) electrons. The molecule has 0 aromatic heterocycles. The summed E-state index contributed by atoms with van der Waals surface area (Å²) in [6.45, 7) is 1.46. The van der Waals surface area contributed by atoms with Crippen LogP contribution in [0.25, 0.3) is 5.57 Å². The molecule has 0 N–H and O–H groups in total. The fourth-order valence-electron chi connectivity index (χ4n) is 3.79. The molecule has 2 amide bonds. The molecular weight excluding hydrogens is 340 g/mol. The van der Waals surface area contributed by atoms with Crippen LogP contribution in [0.1, 0.15) is 18.4 Å². The van der Waals surface area contributed by atoms with Crippen molar-refractivity contribution in [1.29, 1.82) is 0 Å². The highest BCUT2D eigenvalue weighted by molar-refractivity contribution is 6.22. The van der Waals surface area contributed by atoms with Crippen LogP contribution in [0.5, 0.6) is 5.75 Å². The number of carbonyl (C=O) groups is 2. The van der Waals surface area contributed by atoms with Gasteiger partial charge in [-0.2, -0.15) is 0 Å². The molecule has 5 heteroatoms. The molecule has 2 aromatic carbocycles. The van der Waals surface area contributed by atoms with Crippen LogP contribution in [-0.4, -0.2) is 43.0 Å². The number of benzene rings is 2. The van der Waals surface area contributed by atoms with Crippen molar-refractivity contribution in [3.63, 3.8) is 0 Å². The third kappa shape index (κ3) is 3.38. The minimum absolute atomic E-state index is 0.137. The second-order valence-electron chi connectivity index (χ2n) is 6.83. The summed E-state index contributed by atoms with van der Waals surface area (Å²) in [5, 5.41) is 0. The Hall–Kier alpha value is -2.92. The van der Waals surface area contributed by atoms with Crippen LogP contribution in [0.15, 0.2) is 60.7 Å². The van der Waals surface area contributed by atoms with Crippen LogP contribution < -0.4 is 9.64 Å². The molecule has 0 bridgehead atoms. The van der Waals surface area contributed by atoms with Crippen molar-refractivity contribution in [2.24, 2.45) is 0 Å². The SMILES string of the molecule is COc1ccc(N2C(=O)C[C@H](N3CC=C(c4ccccc4)CC3)C2=O)cc1. The van der Waals surface area contributed by atoms with Crippen LogP contribution in [0.4, 0.5) is 5.69 Å². The summed E-state index contributed by atoms with van der Waals surface area (Å²) in [6, 6.07) is 16.9. The van der Waals surface area contributed by atoms with E-state index in [1.54, 1.807) is 31.4 Å². The molecule has 138 valence electrons.